The van der Waals surface area contributed by atoms with Crippen LogP contribution in [0.2, 0.25) is 0 Å². The van der Waals surface area contributed by atoms with E-state index < -0.39 is 5.82 Å². The van der Waals surface area contributed by atoms with Gasteiger partial charge in [-0.25, -0.2) is 9.37 Å². The summed E-state index contributed by atoms with van der Waals surface area (Å²) in [5.74, 6) is 0.462. The summed E-state index contributed by atoms with van der Waals surface area (Å²) in [5, 5.41) is 3.92. The van der Waals surface area contributed by atoms with Crippen LogP contribution in [0.4, 0.5) is 4.39 Å². The lowest BCUT2D eigenvalue weighted by atomic mass is 10.1. The number of hydrogen-bond donors (Lipinski definition) is 1. The molecule has 5 nitrogen and oxygen atoms in total. The van der Waals surface area contributed by atoms with Crippen molar-refractivity contribution in [1.82, 2.24) is 14.9 Å². The molecule has 0 amide bonds. The molecule has 1 N–H and O–H groups in total. The molecule has 0 spiro atoms. The average molecular weight is 341 g/mol. The molecule has 1 heterocycles. The summed E-state index contributed by atoms with van der Waals surface area (Å²) in [6.45, 7) is 2.38. The highest BCUT2D eigenvalue weighted by Gasteiger charge is 2.12. The molecule has 0 fully saturated rings. The second kappa shape index (κ2) is 7.03. The average Bonchev–Trinajstić information content (AvgIpc) is 2.63. The summed E-state index contributed by atoms with van der Waals surface area (Å²) >= 11 is 0. The van der Waals surface area contributed by atoms with E-state index in [2.05, 4.69) is 10.3 Å². The number of halogens is 1. The fraction of sp³-hybridized carbons (Fsp3) is 0.263. The number of benzene rings is 2. The van der Waals surface area contributed by atoms with E-state index in [4.69, 9.17) is 4.74 Å². The topological polar surface area (TPSA) is 56.1 Å². The van der Waals surface area contributed by atoms with Crippen LogP contribution in [-0.2, 0) is 13.6 Å². The van der Waals surface area contributed by atoms with Gasteiger partial charge in [-0.1, -0.05) is 18.2 Å². The summed E-state index contributed by atoms with van der Waals surface area (Å²) in [6.07, 6.45) is 0. The van der Waals surface area contributed by atoms with Crippen molar-refractivity contribution in [3.05, 3.63) is 70.0 Å². The van der Waals surface area contributed by atoms with Gasteiger partial charge in [-0.2, -0.15) is 0 Å². The van der Waals surface area contributed by atoms with Gasteiger partial charge < -0.3 is 10.1 Å². The molecule has 0 bridgehead atoms. The van der Waals surface area contributed by atoms with E-state index in [0.29, 0.717) is 23.3 Å². The number of methoxy groups -OCH3 is 1. The summed E-state index contributed by atoms with van der Waals surface area (Å²) in [6, 6.07) is 12.0. The summed E-state index contributed by atoms with van der Waals surface area (Å²) < 4.78 is 20.1. The Kier molecular flexibility index (Phi) is 4.81. The minimum absolute atomic E-state index is 0.0575. The van der Waals surface area contributed by atoms with Gasteiger partial charge in [0, 0.05) is 13.1 Å². The third-order valence-electron chi connectivity index (χ3n) is 4.32. The van der Waals surface area contributed by atoms with Gasteiger partial charge in [0.15, 0.2) is 11.6 Å². The van der Waals surface area contributed by atoms with Crippen LogP contribution in [-0.4, -0.2) is 16.7 Å². The largest absolute Gasteiger partial charge is 0.494 e. The highest BCUT2D eigenvalue weighted by atomic mass is 19.1. The molecule has 6 heteroatoms. The van der Waals surface area contributed by atoms with E-state index >= 15 is 0 Å². The van der Waals surface area contributed by atoms with E-state index in [-0.39, 0.29) is 17.4 Å². The fourth-order valence-corrected chi connectivity index (χ4v) is 2.73. The molecular weight excluding hydrogens is 321 g/mol. The zero-order chi connectivity index (χ0) is 18.0. The van der Waals surface area contributed by atoms with Gasteiger partial charge in [0.25, 0.3) is 5.56 Å². The minimum atomic E-state index is -0.392. The Morgan fingerprint density at radius 1 is 1.28 bits per heavy atom. The molecule has 0 radical (unpaired) electrons. The van der Waals surface area contributed by atoms with Gasteiger partial charge in [-0.15, -0.1) is 0 Å². The van der Waals surface area contributed by atoms with Crippen molar-refractivity contribution in [1.29, 1.82) is 0 Å². The summed E-state index contributed by atoms with van der Waals surface area (Å²) in [4.78, 5) is 17.0. The van der Waals surface area contributed by atoms with Crippen molar-refractivity contribution < 1.29 is 9.13 Å². The molecule has 0 unspecified atom stereocenters. The smallest absolute Gasteiger partial charge is 0.261 e. The Morgan fingerprint density at radius 3 is 2.80 bits per heavy atom. The minimum Gasteiger partial charge on any atom is -0.494 e. The Labute approximate surface area is 145 Å². The third-order valence-corrected chi connectivity index (χ3v) is 4.32. The Hall–Kier alpha value is -2.73. The Balaban J connectivity index is 1.83. The van der Waals surface area contributed by atoms with Crippen LogP contribution in [0.15, 0.2) is 47.3 Å². The van der Waals surface area contributed by atoms with Gasteiger partial charge in [0.1, 0.15) is 5.82 Å². The molecule has 0 aliphatic rings. The number of aromatic nitrogens is 2. The first-order valence-corrected chi connectivity index (χ1v) is 8.02. The Bertz CT molecular complexity index is 969. The number of rotatable bonds is 5. The fourth-order valence-electron chi connectivity index (χ4n) is 2.73. The zero-order valence-corrected chi connectivity index (χ0v) is 14.4. The number of ether oxygens (including phenoxy) is 1. The molecule has 1 aromatic heterocycles. The van der Waals surface area contributed by atoms with E-state index in [1.54, 1.807) is 29.8 Å². The summed E-state index contributed by atoms with van der Waals surface area (Å²) in [5.41, 5.74) is 1.50. The molecule has 1 atom stereocenters. The van der Waals surface area contributed by atoms with Crippen LogP contribution in [0.25, 0.3) is 10.9 Å². The Morgan fingerprint density at radius 2 is 2.04 bits per heavy atom. The van der Waals surface area contributed by atoms with E-state index in [1.807, 2.05) is 25.1 Å². The first kappa shape index (κ1) is 17.1. The van der Waals surface area contributed by atoms with Crippen molar-refractivity contribution in [2.75, 3.05) is 7.11 Å². The zero-order valence-electron chi connectivity index (χ0n) is 14.4. The molecule has 3 aromatic rings. The van der Waals surface area contributed by atoms with Crippen molar-refractivity contribution in [2.45, 2.75) is 19.5 Å². The van der Waals surface area contributed by atoms with Crippen LogP contribution in [0.3, 0.4) is 0 Å². The predicted octanol–water partition coefficient (Wildman–Crippen LogP) is 2.93. The molecule has 0 aliphatic carbocycles. The molecule has 130 valence electrons. The van der Waals surface area contributed by atoms with Crippen molar-refractivity contribution in [3.8, 4) is 5.75 Å². The second-order valence-corrected chi connectivity index (χ2v) is 5.91. The predicted molar refractivity (Wildman–Crippen MR) is 95.2 cm³/mol. The molecule has 0 aliphatic heterocycles. The number of hydrogen-bond acceptors (Lipinski definition) is 4. The maximum Gasteiger partial charge on any atom is 0.261 e. The third kappa shape index (κ3) is 3.39. The molecule has 0 saturated heterocycles. The normalized spacial score (nSPS) is 12.3. The van der Waals surface area contributed by atoms with E-state index in [0.717, 1.165) is 5.56 Å². The van der Waals surface area contributed by atoms with Gasteiger partial charge >= 0.3 is 0 Å². The van der Waals surface area contributed by atoms with Crippen LogP contribution in [0.5, 0.6) is 5.75 Å². The maximum atomic E-state index is 13.5. The van der Waals surface area contributed by atoms with Gasteiger partial charge in [-0.05, 0) is 36.8 Å². The SMILES string of the molecule is COc1cc([C@@H](C)NCc2nc3ccccc3c(=O)n2C)ccc1F. The highest BCUT2D eigenvalue weighted by molar-refractivity contribution is 5.77. The molecule has 2 aromatic carbocycles. The van der Waals surface area contributed by atoms with E-state index in [9.17, 15) is 9.18 Å². The highest BCUT2D eigenvalue weighted by Crippen LogP contribution is 2.22. The lowest BCUT2D eigenvalue weighted by Gasteiger charge is -2.16. The summed E-state index contributed by atoms with van der Waals surface area (Å²) in [7, 11) is 3.15. The van der Waals surface area contributed by atoms with Crippen LogP contribution in [0, 0.1) is 5.82 Å². The standard InChI is InChI=1S/C19H20FN3O2/c1-12(13-8-9-15(20)17(10-13)25-3)21-11-18-22-16-7-5-4-6-14(16)19(24)23(18)2/h4-10,12,21H,11H2,1-3H3/t12-/m1/s1. The van der Waals surface area contributed by atoms with Crippen molar-refractivity contribution in [3.63, 3.8) is 0 Å². The first-order valence-electron chi connectivity index (χ1n) is 8.02. The number of para-hydroxylation sites is 1. The van der Waals surface area contributed by atoms with Gasteiger partial charge in [0.05, 0.1) is 24.6 Å². The maximum absolute atomic E-state index is 13.5. The molecule has 25 heavy (non-hydrogen) atoms. The van der Waals surface area contributed by atoms with E-state index in [1.165, 1.54) is 13.2 Å². The van der Waals surface area contributed by atoms with Crippen molar-refractivity contribution in [2.24, 2.45) is 7.05 Å². The van der Waals surface area contributed by atoms with Gasteiger partial charge in [-0.3, -0.25) is 9.36 Å². The number of nitrogens with zero attached hydrogens (tertiary/aromatic N) is 2. The van der Waals surface area contributed by atoms with Crippen LogP contribution >= 0.6 is 0 Å². The lowest BCUT2D eigenvalue weighted by molar-refractivity contribution is 0.385. The van der Waals surface area contributed by atoms with Crippen LogP contribution < -0.4 is 15.6 Å². The quantitative estimate of drug-likeness (QED) is 0.775. The van der Waals surface area contributed by atoms with Crippen molar-refractivity contribution >= 4 is 10.9 Å². The van der Waals surface area contributed by atoms with Gasteiger partial charge in [0.2, 0.25) is 0 Å². The first-order chi connectivity index (χ1) is 12.0. The number of fused-ring (bicyclic) bond motifs is 1. The molecule has 3 rings (SSSR count). The monoisotopic (exact) mass is 341 g/mol. The number of nitrogens with one attached hydrogen (secondary N) is 1. The lowest BCUT2D eigenvalue weighted by Crippen LogP contribution is -2.27. The van der Waals surface area contributed by atoms with Crippen LogP contribution in [0.1, 0.15) is 24.4 Å². The molecule has 0 saturated carbocycles. The second-order valence-electron chi connectivity index (χ2n) is 5.91. The molecular formula is C19H20FN3O2.